The zero-order valence-electron chi connectivity index (χ0n) is 19.6. The van der Waals surface area contributed by atoms with Crippen molar-refractivity contribution in [3.8, 4) is 5.75 Å². The molecule has 0 N–H and O–H groups in total. The molecule has 1 unspecified atom stereocenters. The molecule has 4 rings (SSSR count). The Bertz CT molecular complexity index is 975. The van der Waals surface area contributed by atoms with Crippen LogP contribution in [0.5, 0.6) is 5.75 Å². The lowest BCUT2D eigenvalue weighted by molar-refractivity contribution is -0.134. The van der Waals surface area contributed by atoms with Gasteiger partial charge in [0.25, 0.3) is 5.91 Å². The number of amides is 2. The van der Waals surface area contributed by atoms with Gasteiger partial charge in [-0.05, 0) is 42.7 Å². The molecule has 2 heterocycles. The number of hydrogen-bond donors (Lipinski definition) is 0. The van der Waals surface area contributed by atoms with Gasteiger partial charge in [-0.3, -0.25) is 14.6 Å². The van der Waals surface area contributed by atoms with Gasteiger partial charge in [0.05, 0.1) is 12.7 Å². The van der Waals surface area contributed by atoms with E-state index in [0.29, 0.717) is 37.6 Å². The highest BCUT2D eigenvalue weighted by molar-refractivity contribution is 5.97. The summed E-state index contributed by atoms with van der Waals surface area (Å²) in [5.74, 6) is 0.393. The highest BCUT2D eigenvalue weighted by atomic mass is 16.5. The Morgan fingerprint density at radius 3 is 2.76 bits per heavy atom. The molecule has 7 nitrogen and oxygen atoms in total. The zero-order valence-corrected chi connectivity index (χ0v) is 19.6. The highest BCUT2D eigenvalue weighted by Gasteiger charge is 2.35. The molecule has 1 aromatic heterocycles. The Hall–Kier alpha value is -3.19. The molecule has 2 aliphatic rings. The van der Waals surface area contributed by atoms with Crippen LogP contribution in [0.1, 0.15) is 48.0 Å². The lowest BCUT2D eigenvalue weighted by Crippen LogP contribution is -2.46. The predicted octanol–water partition coefficient (Wildman–Crippen LogP) is 3.85. The topological polar surface area (TPSA) is 72.0 Å². The number of nitrogens with zero attached hydrogens (tertiary/aromatic N) is 3. The van der Waals surface area contributed by atoms with Gasteiger partial charge in [-0.1, -0.05) is 44.1 Å². The van der Waals surface area contributed by atoms with Crippen molar-refractivity contribution in [1.29, 1.82) is 0 Å². The zero-order chi connectivity index (χ0) is 23.8. The Balaban J connectivity index is 1.52. The van der Waals surface area contributed by atoms with Crippen LogP contribution in [0, 0.1) is 0 Å². The highest BCUT2D eigenvalue weighted by Crippen LogP contribution is 2.25. The second-order valence-corrected chi connectivity index (χ2v) is 8.95. The molecule has 1 aromatic carbocycles. The van der Waals surface area contributed by atoms with E-state index in [0.717, 1.165) is 31.2 Å². The quantitative estimate of drug-likeness (QED) is 0.556. The largest absolute Gasteiger partial charge is 0.490 e. The summed E-state index contributed by atoms with van der Waals surface area (Å²) in [7, 11) is 0. The fourth-order valence-electron chi connectivity index (χ4n) is 4.70. The summed E-state index contributed by atoms with van der Waals surface area (Å²) in [5, 5.41) is 0. The van der Waals surface area contributed by atoms with E-state index in [1.54, 1.807) is 47.6 Å². The number of rotatable bonds is 8. The molecular formula is C27H33N3O4. The van der Waals surface area contributed by atoms with Crippen molar-refractivity contribution in [1.82, 2.24) is 14.8 Å². The van der Waals surface area contributed by atoms with E-state index in [4.69, 9.17) is 9.47 Å². The molecular weight excluding hydrogens is 430 g/mol. The summed E-state index contributed by atoms with van der Waals surface area (Å²) < 4.78 is 11.8. The van der Waals surface area contributed by atoms with E-state index in [2.05, 4.69) is 11.6 Å². The summed E-state index contributed by atoms with van der Waals surface area (Å²) >= 11 is 0. The fourth-order valence-corrected chi connectivity index (χ4v) is 4.70. The summed E-state index contributed by atoms with van der Waals surface area (Å²) in [6.45, 7) is 5.31. The van der Waals surface area contributed by atoms with Gasteiger partial charge in [-0.15, -0.1) is 0 Å². The molecule has 1 aliphatic carbocycles. The average molecular weight is 464 g/mol. The van der Waals surface area contributed by atoms with Gasteiger partial charge in [0.1, 0.15) is 18.9 Å². The molecule has 0 bridgehead atoms. The van der Waals surface area contributed by atoms with Gasteiger partial charge in [-0.2, -0.15) is 0 Å². The summed E-state index contributed by atoms with van der Waals surface area (Å²) in [5.41, 5.74) is 1.46. The van der Waals surface area contributed by atoms with Crippen LogP contribution in [0.15, 0.2) is 61.4 Å². The number of pyridine rings is 1. The first-order valence-electron chi connectivity index (χ1n) is 12.1. The van der Waals surface area contributed by atoms with E-state index >= 15 is 0 Å². The van der Waals surface area contributed by atoms with Crippen molar-refractivity contribution in [3.05, 3.63) is 72.6 Å². The number of ether oxygens (including phenoxy) is 2. The summed E-state index contributed by atoms with van der Waals surface area (Å²) in [6.07, 6.45) is 10.4. The molecule has 2 amide bonds. The standard InChI is InChI=1S/C27H33N3O4/c1-2-14-33-24-12-6-9-22(15-24)27(32)29-17-25(34-20-21-8-7-13-28-16-21)18-30(26(31)19-29)23-10-4-3-5-11-23/h2,6-9,12-13,15-16,23,25H,1,3-5,10-11,14,17-20H2. The van der Waals surface area contributed by atoms with Gasteiger partial charge >= 0.3 is 0 Å². The molecule has 2 aromatic rings. The van der Waals surface area contributed by atoms with Gasteiger partial charge in [0.15, 0.2) is 0 Å². The van der Waals surface area contributed by atoms with Gasteiger partial charge in [0.2, 0.25) is 5.91 Å². The molecule has 1 aliphatic heterocycles. The maximum absolute atomic E-state index is 13.4. The second kappa shape index (κ2) is 11.8. The number of hydrogen-bond acceptors (Lipinski definition) is 5. The molecule has 7 heteroatoms. The molecule has 1 saturated heterocycles. The maximum Gasteiger partial charge on any atom is 0.254 e. The Kier molecular flexibility index (Phi) is 8.31. The van der Waals surface area contributed by atoms with E-state index in [9.17, 15) is 9.59 Å². The molecule has 0 spiro atoms. The number of carbonyl (C=O) groups excluding carboxylic acids is 2. The monoisotopic (exact) mass is 463 g/mol. The van der Waals surface area contributed by atoms with Gasteiger partial charge < -0.3 is 19.3 Å². The Morgan fingerprint density at radius 2 is 2.00 bits per heavy atom. The third-order valence-corrected chi connectivity index (χ3v) is 6.43. The van der Waals surface area contributed by atoms with Crippen molar-refractivity contribution in [2.75, 3.05) is 26.2 Å². The normalized spacial score (nSPS) is 19.5. The number of benzene rings is 1. The van der Waals surface area contributed by atoms with Crippen LogP contribution in [0.3, 0.4) is 0 Å². The maximum atomic E-state index is 13.4. The third kappa shape index (κ3) is 6.23. The van der Waals surface area contributed by atoms with Crippen LogP contribution in [0.4, 0.5) is 0 Å². The van der Waals surface area contributed by atoms with Crippen LogP contribution in [0.2, 0.25) is 0 Å². The molecule has 1 atom stereocenters. The molecule has 0 radical (unpaired) electrons. The van der Waals surface area contributed by atoms with Crippen LogP contribution in [-0.2, 0) is 16.1 Å². The molecule has 180 valence electrons. The Morgan fingerprint density at radius 1 is 1.15 bits per heavy atom. The first kappa shape index (κ1) is 24.0. The minimum absolute atomic E-state index is 0.00760. The Labute approximate surface area is 201 Å². The SMILES string of the molecule is C=CCOc1cccc(C(=O)N2CC(=O)N(C3CCCCC3)CC(OCc3cccnc3)C2)c1. The fraction of sp³-hybridized carbons (Fsp3) is 0.444. The van der Waals surface area contributed by atoms with Crippen molar-refractivity contribution < 1.29 is 19.1 Å². The third-order valence-electron chi connectivity index (χ3n) is 6.43. The first-order valence-corrected chi connectivity index (χ1v) is 12.1. The summed E-state index contributed by atoms with van der Waals surface area (Å²) in [6, 6.07) is 11.1. The smallest absolute Gasteiger partial charge is 0.254 e. The lowest BCUT2D eigenvalue weighted by Gasteiger charge is -2.34. The first-order chi connectivity index (χ1) is 16.6. The minimum atomic E-state index is -0.280. The number of carbonyl (C=O) groups is 2. The van der Waals surface area contributed by atoms with Crippen LogP contribution in [-0.4, -0.2) is 65.0 Å². The average Bonchev–Trinajstić information content (AvgIpc) is 3.05. The van der Waals surface area contributed by atoms with E-state index < -0.39 is 0 Å². The van der Waals surface area contributed by atoms with Gasteiger partial charge in [0, 0.05) is 37.1 Å². The summed E-state index contributed by atoms with van der Waals surface area (Å²) in [4.78, 5) is 34.5. The van der Waals surface area contributed by atoms with Crippen LogP contribution in [0.25, 0.3) is 0 Å². The molecule has 2 fully saturated rings. The molecule has 34 heavy (non-hydrogen) atoms. The predicted molar refractivity (Wildman–Crippen MR) is 129 cm³/mol. The van der Waals surface area contributed by atoms with Crippen molar-refractivity contribution in [2.45, 2.75) is 50.9 Å². The molecule has 1 saturated carbocycles. The van der Waals surface area contributed by atoms with Gasteiger partial charge in [-0.25, -0.2) is 0 Å². The van der Waals surface area contributed by atoms with E-state index in [-0.39, 0.29) is 30.5 Å². The van der Waals surface area contributed by atoms with E-state index in [1.807, 2.05) is 17.0 Å². The van der Waals surface area contributed by atoms with E-state index in [1.165, 1.54) is 6.42 Å². The van der Waals surface area contributed by atoms with Crippen molar-refractivity contribution in [3.63, 3.8) is 0 Å². The van der Waals surface area contributed by atoms with Crippen LogP contribution < -0.4 is 4.74 Å². The second-order valence-electron chi connectivity index (χ2n) is 8.95. The van der Waals surface area contributed by atoms with Crippen molar-refractivity contribution in [2.24, 2.45) is 0 Å². The lowest BCUT2D eigenvalue weighted by atomic mass is 9.94. The number of aromatic nitrogens is 1. The van der Waals surface area contributed by atoms with Crippen molar-refractivity contribution >= 4 is 11.8 Å². The minimum Gasteiger partial charge on any atom is -0.490 e. The van der Waals surface area contributed by atoms with Crippen LogP contribution >= 0.6 is 0 Å².